The van der Waals surface area contributed by atoms with Gasteiger partial charge in [-0.3, -0.25) is 0 Å². The molecule has 1 aromatic heterocycles. The number of hydrogen-bond acceptors (Lipinski definition) is 3. The molecule has 2 aromatic carbocycles. The number of aromatic nitrogens is 1. The summed E-state index contributed by atoms with van der Waals surface area (Å²) in [5, 5.41) is 19.7. The third-order valence-electron chi connectivity index (χ3n) is 2.83. The van der Waals surface area contributed by atoms with E-state index >= 15 is 0 Å². The van der Waals surface area contributed by atoms with Gasteiger partial charge in [0.05, 0.1) is 21.2 Å². The fourth-order valence-corrected chi connectivity index (χ4v) is 2.16. The molecule has 0 bridgehead atoms. The molecule has 2 N–H and O–H groups in total. The first-order valence-corrected chi connectivity index (χ1v) is 6.57. The summed E-state index contributed by atoms with van der Waals surface area (Å²) >= 11 is 11.7. The SMILES string of the molecule is Oc1[nH]c2ccccc2c1N=Nc1ccc(Cl)c(Cl)c1. The largest absolute Gasteiger partial charge is 0.493 e. The van der Waals surface area contributed by atoms with Crippen LogP contribution >= 0.6 is 23.2 Å². The molecule has 6 heteroatoms. The average molecular weight is 306 g/mol. The predicted molar refractivity (Wildman–Crippen MR) is 80.6 cm³/mol. The number of aromatic amines is 1. The predicted octanol–water partition coefficient (Wildman–Crippen LogP) is 5.60. The van der Waals surface area contributed by atoms with Crippen LogP contribution in [0, 0.1) is 0 Å². The van der Waals surface area contributed by atoms with Crippen molar-refractivity contribution in [2.24, 2.45) is 10.2 Å². The van der Waals surface area contributed by atoms with Gasteiger partial charge in [-0.2, -0.15) is 5.11 Å². The molecule has 0 fully saturated rings. The summed E-state index contributed by atoms with van der Waals surface area (Å²) in [6.07, 6.45) is 0. The number of rotatable bonds is 2. The number of para-hydroxylation sites is 1. The zero-order valence-corrected chi connectivity index (χ0v) is 11.7. The van der Waals surface area contributed by atoms with Crippen molar-refractivity contribution in [1.29, 1.82) is 0 Å². The van der Waals surface area contributed by atoms with Gasteiger partial charge in [-0.1, -0.05) is 41.4 Å². The molecule has 0 amide bonds. The Morgan fingerprint density at radius 3 is 2.55 bits per heavy atom. The van der Waals surface area contributed by atoms with Gasteiger partial charge in [0, 0.05) is 5.39 Å². The summed E-state index contributed by atoms with van der Waals surface area (Å²) in [7, 11) is 0. The lowest BCUT2D eigenvalue weighted by atomic mass is 10.2. The molecule has 0 saturated heterocycles. The number of nitrogens with one attached hydrogen (secondary N) is 1. The van der Waals surface area contributed by atoms with Gasteiger partial charge in [-0.25, -0.2) is 0 Å². The highest BCUT2D eigenvalue weighted by Gasteiger charge is 2.09. The highest BCUT2D eigenvalue weighted by atomic mass is 35.5. The van der Waals surface area contributed by atoms with Crippen LogP contribution in [0.5, 0.6) is 5.88 Å². The number of nitrogens with zero attached hydrogens (tertiary/aromatic N) is 2. The molecule has 3 aromatic rings. The first-order valence-electron chi connectivity index (χ1n) is 5.81. The molecule has 0 aliphatic heterocycles. The van der Waals surface area contributed by atoms with E-state index in [4.69, 9.17) is 23.2 Å². The maximum Gasteiger partial charge on any atom is 0.218 e. The van der Waals surface area contributed by atoms with Crippen molar-refractivity contribution in [3.8, 4) is 5.88 Å². The monoisotopic (exact) mass is 305 g/mol. The van der Waals surface area contributed by atoms with Crippen molar-refractivity contribution in [1.82, 2.24) is 4.98 Å². The smallest absolute Gasteiger partial charge is 0.218 e. The van der Waals surface area contributed by atoms with Gasteiger partial charge in [0.15, 0.2) is 5.69 Å². The van der Waals surface area contributed by atoms with Crippen molar-refractivity contribution in [2.75, 3.05) is 0 Å². The van der Waals surface area contributed by atoms with E-state index in [1.54, 1.807) is 18.2 Å². The van der Waals surface area contributed by atoms with Crippen molar-refractivity contribution >= 4 is 45.5 Å². The normalized spacial score (nSPS) is 11.5. The second-order valence-electron chi connectivity index (χ2n) is 4.17. The number of hydrogen-bond donors (Lipinski definition) is 2. The van der Waals surface area contributed by atoms with Crippen molar-refractivity contribution < 1.29 is 5.11 Å². The molecule has 0 saturated carbocycles. The molecule has 3 rings (SSSR count). The highest BCUT2D eigenvalue weighted by molar-refractivity contribution is 6.42. The molecular formula is C14H9Cl2N3O. The lowest BCUT2D eigenvalue weighted by Gasteiger charge is -1.96. The van der Waals surface area contributed by atoms with E-state index < -0.39 is 0 Å². The minimum absolute atomic E-state index is 0.0185. The average Bonchev–Trinajstić information content (AvgIpc) is 2.76. The summed E-state index contributed by atoms with van der Waals surface area (Å²) < 4.78 is 0. The van der Waals surface area contributed by atoms with Gasteiger partial charge in [-0.05, 0) is 24.3 Å². The van der Waals surface area contributed by atoms with Gasteiger partial charge < -0.3 is 10.1 Å². The number of azo groups is 1. The summed E-state index contributed by atoms with van der Waals surface area (Å²) in [5.74, 6) is -0.0185. The fraction of sp³-hybridized carbons (Fsp3) is 0. The van der Waals surface area contributed by atoms with E-state index in [2.05, 4.69) is 15.2 Å². The van der Waals surface area contributed by atoms with E-state index in [1.807, 2.05) is 24.3 Å². The summed E-state index contributed by atoms with van der Waals surface area (Å²) in [6, 6.07) is 12.4. The lowest BCUT2D eigenvalue weighted by molar-refractivity contribution is 0.459. The third kappa shape index (κ3) is 2.35. The van der Waals surface area contributed by atoms with Crippen LogP contribution in [0.2, 0.25) is 10.0 Å². The molecule has 0 spiro atoms. The minimum Gasteiger partial charge on any atom is -0.493 e. The maximum absolute atomic E-state index is 9.85. The quantitative estimate of drug-likeness (QED) is 0.595. The Morgan fingerprint density at radius 2 is 1.75 bits per heavy atom. The van der Waals surface area contributed by atoms with E-state index in [0.29, 0.717) is 21.4 Å². The minimum atomic E-state index is -0.0185. The second kappa shape index (κ2) is 5.15. The number of fused-ring (bicyclic) bond motifs is 1. The number of H-pyrrole nitrogens is 1. The zero-order valence-electron chi connectivity index (χ0n) is 10.1. The van der Waals surface area contributed by atoms with Crippen LogP contribution in [-0.2, 0) is 0 Å². The zero-order chi connectivity index (χ0) is 14.1. The lowest BCUT2D eigenvalue weighted by Crippen LogP contribution is -1.68. The molecule has 100 valence electrons. The molecular weight excluding hydrogens is 297 g/mol. The summed E-state index contributed by atoms with van der Waals surface area (Å²) in [5.41, 5.74) is 1.75. The molecule has 0 aliphatic carbocycles. The van der Waals surface area contributed by atoms with Gasteiger partial charge in [-0.15, -0.1) is 5.11 Å². The molecule has 20 heavy (non-hydrogen) atoms. The molecule has 1 heterocycles. The summed E-state index contributed by atoms with van der Waals surface area (Å²) in [4.78, 5) is 2.84. The van der Waals surface area contributed by atoms with Crippen molar-refractivity contribution in [3.05, 3.63) is 52.5 Å². The van der Waals surface area contributed by atoms with Crippen LogP contribution in [0.3, 0.4) is 0 Å². The maximum atomic E-state index is 9.85. The van der Waals surface area contributed by atoms with Crippen LogP contribution in [0.25, 0.3) is 10.9 Å². The van der Waals surface area contributed by atoms with E-state index in [9.17, 15) is 5.11 Å². The molecule has 0 aliphatic rings. The number of halogens is 2. The van der Waals surface area contributed by atoms with Crippen LogP contribution in [0.15, 0.2) is 52.7 Å². The van der Waals surface area contributed by atoms with Crippen LogP contribution < -0.4 is 0 Å². The second-order valence-corrected chi connectivity index (χ2v) is 4.98. The van der Waals surface area contributed by atoms with Gasteiger partial charge in [0.2, 0.25) is 5.88 Å². The number of aromatic hydroxyl groups is 1. The first-order chi connectivity index (χ1) is 9.65. The standard InChI is InChI=1S/C14H9Cl2N3O/c15-10-6-5-8(7-11(10)16)18-19-13-9-3-1-2-4-12(9)17-14(13)20/h1-7,17,20H. The molecule has 0 radical (unpaired) electrons. The Labute approximate surface area is 124 Å². The Bertz CT molecular complexity index is 811. The third-order valence-corrected chi connectivity index (χ3v) is 3.57. The van der Waals surface area contributed by atoms with E-state index in [0.717, 1.165) is 10.9 Å². The van der Waals surface area contributed by atoms with Crippen LogP contribution in [0.4, 0.5) is 11.4 Å². The molecule has 4 nitrogen and oxygen atoms in total. The van der Waals surface area contributed by atoms with Crippen LogP contribution in [0.1, 0.15) is 0 Å². The van der Waals surface area contributed by atoms with Crippen LogP contribution in [-0.4, -0.2) is 10.1 Å². The van der Waals surface area contributed by atoms with Gasteiger partial charge in [0.25, 0.3) is 0 Å². The number of benzene rings is 2. The van der Waals surface area contributed by atoms with E-state index in [1.165, 1.54) is 0 Å². The van der Waals surface area contributed by atoms with Gasteiger partial charge in [0.1, 0.15) is 0 Å². The Morgan fingerprint density at radius 1 is 0.950 bits per heavy atom. The Hall–Kier alpha value is -2.04. The topological polar surface area (TPSA) is 60.7 Å². The van der Waals surface area contributed by atoms with Crippen molar-refractivity contribution in [3.63, 3.8) is 0 Å². The fourth-order valence-electron chi connectivity index (χ4n) is 1.87. The molecule has 0 unspecified atom stereocenters. The van der Waals surface area contributed by atoms with Gasteiger partial charge >= 0.3 is 0 Å². The highest BCUT2D eigenvalue weighted by Crippen LogP contribution is 2.36. The Kier molecular flexibility index (Phi) is 3.34. The van der Waals surface area contributed by atoms with E-state index in [-0.39, 0.29) is 5.88 Å². The summed E-state index contributed by atoms with van der Waals surface area (Å²) in [6.45, 7) is 0. The molecule has 0 atom stereocenters. The first kappa shape index (κ1) is 13.0. The Balaban J connectivity index is 2.02. The van der Waals surface area contributed by atoms with Crippen molar-refractivity contribution in [2.45, 2.75) is 0 Å².